The van der Waals surface area contributed by atoms with Gasteiger partial charge in [0.1, 0.15) is 0 Å². The van der Waals surface area contributed by atoms with Gasteiger partial charge in [0.2, 0.25) is 0 Å². The molecule has 1 aliphatic carbocycles. The van der Waals surface area contributed by atoms with Crippen LogP contribution in [0.3, 0.4) is 0 Å². The molecule has 1 saturated carbocycles. The third-order valence-corrected chi connectivity index (χ3v) is 2.82. The minimum atomic E-state index is 1.38. The maximum absolute atomic E-state index is 2.50. The van der Waals surface area contributed by atoms with Crippen LogP contribution in [0, 0.1) is 6.42 Å². The molecular weight excluding hydrogens is 144 g/mol. The first-order valence-electron chi connectivity index (χ1n) is 5.82. The second-order valence-corrected chi connectivity index (χ2v) is 4.05. The van der Waals surface area contributed by atoms with Gasteiger partial charge in [-0.1, -0.05) is 70.6 Å². The topological polar surface area (TPSA) is 0 Å². The van der Waals surface area contributed by atoms with Gasteiger partial charge in [-0.25, -0.2) is 0 Å². The molecule has 0 heterocycles. The van der Waals surface area contributed by atoms with Crippen LogP contribution in [0.2, 0.25) is 0 Å². The predicted octanol–water partition coefficient (Wildman–Crippen LogP) is 4.50. The number of rotatable bonds is 0. The van der Waals surface area contributed by atoms with Crippen molar-refractivity contribution in [3.63, 3.8) is 0 Å². The lowest BCUT2D eigenvalue weighted by Gasteiger charge is -2.05. The lowest BCUT2D eigenvalue weighted by atomic mass is 10.0. The van der Waals surface area contributed by atoms with E-state index >= 15 is 0 Å². The summed E-state index contributed by atoms with van der Waals surface area (Å²) in [6, 6.07) is 0. The van der Waals surface area contributed by atoms with E-state index in [1.54, 1.807) is 0 Å². The third kappa shape index (κ3) is 5.62. The van der Waals surface area contributed by atoms with Crippen molar-refractivity contribution in [2.75, 3.05) is 0 Å². The smallest absolute Gasteiger partial charge is 0.0386 e. The molecule has 0 atom stereocenters. The molecule has 0 bridgehead atoms. The standard InChI is InChI=1S/C12H23/c1-2-4-6-8-10-12-11-9-7-5-3-1/h1H,2-12H2. The molecule has 0 unspecified atom stereocenters. The van der Waals surface area contributed by atoms with Crippen molar-refractivity contribution in [3.05, 3.63) is 6.42 Å². The molecule has 0 aromatic carbocycles. The van der Waals surface area contributed by atoms with Crippen LogP contribution in [-0.4, -0.2) is 0 Å². The molecule has 12 heavy (non-hydrogen) atoms. The summed E-state index contributed by atoms with van der Waals surface area (Å²) in [7, 11) is 0. The number of hydrogen-bond donors (Lipinski definition) is 0. The van der Waals surface area contributed by atoms with Gasteiger partial charge < -0.3 is 0 Å². The highest BCUT2D eigenvalue weighted by atomic mass is 14.0. The van der Waals surface area contributed by atoms with Crippen LogP contribution < -0.4 is 0 Å². The Morgan fingerprint density at radius 2 is 0.750 bits per heavy atom. The van der Waals surface area contributed by atoms with Crippen molar-refractivity contribution < 1.29 is 0 Å². The summed E-state index contributed by atoms with van der Waals surface area (Å²) in [5.41, 5.74) is 0. The van der Waals surface area contributed by atoms with Gasteiger partial charge in [0, 0.05) is 0 Å². The molecule has 1 radical (unpaired) electrons. The molecular formula is C12H23. The van der Waals surface area contributed by atoms with Crippen LogP contribution in [0.5, 0.6) is 0 Å². The Morgan fingerprint density at radius 1 is 0.417 bits per heavy atom. The highest BCUT2D eigenvalue weighted by molar-refractivity contribution is 4.65. The molecule has 1 fully saturated rings. The normalized spacial score (nSPS) is 24.0. The van der Waals surface area contributed by atoms with Gasteiger partial charge in [0.05, 0.1) is 0 Å². The van der Waals surface area contributed by atoms with E-state index in [-0.39, 0.29) is 0 Å². The summed E-state index contributed by atoms with van der Waals surface area (Å²) in [6.07, 6.45) is 18.5. The lowest BCUT2D eigenvalue weighted by Crippen LogP contribution is -1.86. The minimum Gasteiger partial charge on any atom is -0.0533 e. The molecule has 0 spiro atoms. The summed E-state index contributed by atoms with van der Waals surface area (Å²) in [6.45, 7) is 0. The zero-order valence-electron chi connectivity index (χ0n) is 8.36. The largest absolute Gasteiger partial charge is 0.0533 e. The van der Waals surface area contributed by atoms with E-state index in [0.29, 0.717) is 0 Å². The van der Waals surface area contributed by atoms with Gasteiger partial charge in [0.25, 0.3) is 0 Å². The van der Waals surface area contributed by atoms with Crippen molar-refractivity contribution in [2.24, 2.45) is 0 Å². The summed E-state index contributed by atoms with van der Waals surface area (Å²) in [5, 5.41) is 0. The summed E-state index contributed by atoms with van der Waals surface area (Å²) < 4.78 is 0. The first-order chi connectivity index (χ1) is 6.00. The van der Waals surface area contributed by atoms with E-state index < -0.39 is 0 Å². The van der Waals surface area contributed by atoms with Crippen LogP contribution in [0.1, 0.15) is 70.6 Å². The van der Waals surface area contributed by atoms with Gasteiger partial charge in [0.15, 0.2) is 0 Å². The summed E-state index contributed by atoms with van der Waals surface area (Å²) in [4.78, 5) is 0. The summed E-state index contributed by atoms with van der Waals surface area (Å²) >= 11 is 0. The second kappa shape index (κ2) is 7.64. The Bertz CT molecular complexity index is 43.0. The first-order valence-corrected chi connectivity index (χ1v) is 5.82. The zero-order chi connectivity index (χ0) is 8.49. The van der Waals surface area contributed by atoms with E-state index in [0.717, 1.165) is 0 Å². The molecule has 0 aromatic rings. The fourth-order valence-corrected chi connectivity index (χ4v) is 1.96. The Morgan fingerprint density at radius 3 is 1.17 bits per heavy atom. The third-order valence-electron chi connectivity index (χ3n) is 2.82. The highest BCUT2D eigenvalue weighted by Gasteiger charge is 1.96. The number of hydrogen-bond acceptors (Lipinski definition) is 0. The SMILES string of the molecule is [CH]1CCCCCCCCCCC1. The molecule has 0 N–H and O–H groups in total. The van der Waals surface area contributed by atoms with Gasteiger partial charge >= 0.3 is 0 Å². The predicted molar refractivity (Wildman–Crippen MR) is 55.1 cm³/mol. The lowest BCUT2D eigenvalue weighted by molar-refractivity contribution is 0.538. The Kier molecular flexibility index (Phi) is 6.42. The van der Waals surface area contributed by atoms with Gasteiger partial charge in [-0.15, -0.1) is 0 Å². The minimum absolute atomic E-state index is 1.38. The van der Waals surface area contributed by atoms with Crippen molar-refractivity contribution in [1.82, 2.24) is 0 Å². The Labute approximate surface area is 77.7 Å². The van der Waals surface area contributed by atoms with E-state index in [1.807, 2.05) is 0 Å². The van der Waals surface area contributed by atoms with Crippen LogP contribution >= 0.6 is 0 Å². The second-order valence-electron chi connectivity index (χ2n) is 4.05. The maximum Gasteiger partial charge on any atom is -0.0386 e. The average Bonchev–Trinajstić information content (AvgIpc) is 2.05. The van der Waals surface area contributed by atoms with E-state index in [1.165, 1.54) is 70.6 Å². The van der Waals surface area contributed by atoms with Gasteiger partial charge in [-0.3, -0.25) is 0 Å². The highest BCUT2D eigenvalue weighted by Crippen LogP contribution is 2.15. The van der Waals surface area contributed by atoms with Crippen molar-refractivity contribution >= 4 is 0 Å². The fraction of sp³-hybridized carbons (Fsp3) is 0.917. The molecule has 0 amide bonds. The average molecular weight is 167 g/mol. The van der Waals surface area contributed by atoms with Gasteiger partial charge in [-0.2, -0.15) is 0 Å². The van der Waals surface area contributed by atoms with Crippen LogP contribution in [0.25, 0.3) is 0 Å². The van der Waals surface area contributed by atoms with Crippen LogP contribution in [0.15, 0.2) is 0 Å². The van der Waals surface area contributed by atoms with Gasteiger partial charge in [-0.05, 0) is 6.42 Å². The quantitative estimate of drug-likeness (QED) is 0.498. The van der Waals surface area contributed by atoms with Crippen molar-refractivity contribution in [1.29, 1.82) is 0 Å². The molecule has 1 rings (SSSR count). The Hall–Kier alpha value is 0. The van der Waals surface area contributed by atoms with E-state index in [9.17, 15) is 0 Å². The zero-order valence-corrected chi connectivity index (χ0v) is 8.36. The Balaban J connectivity index is 2.00. The molecule has 0 aliphatic heterocycles. The molecule has 0 aromatic heterocycles. The first kappa shape index (κ1) is 10.1. The monoisotopic (exact) mass is 167 g/mol. The molecule has 0 saturated heterocycles. The fourth-order valence-electron chi connectivity index (χ4n) is 1.96. The molecule has 1 aliphatic rings. The molecule has 0 nitrogen and oxygen atoms in total. The van der Waals surface area contributed by atoms with Crippen molar-refractivity contribution in [2.45, 2.75) is 70.6 Å². The van der Waals surface area contributed by atoms with Crippen molar-refractivity contribution in [3.8, 4) is 0 Å². The van der Waals surface area contributed by atoms with Crippen LogP contribution in [-0.2, 0) is 0 Å². The molecule has 0 heteroatoms. The van der Waals surface area contributed by atoms with E-state index in [4.69, 9.17) is 0 Å². The maximum atomic E-state index is 2.50. The van der Waals surface area contributed by atoms with Crippen LogP contribution in [0.4, 0.5) is 0 Å². The summed E-state index contributed by atoms with van der Waals surface area (Å²) in [5.74, 6) is 0. The molecule has 71 valence electrons. The van der Waals surface area contributed by atoms with E-state index in [2.05, 4.69) is 6.42 Å².